The van der Waals surface area contributed by atoms with Crippen molar-refractivity contribution in [3.8, 4) is 0 Å². The highest BCUT2D eigenvalue weighted by molar-refractivity contribution is 7.89. The number of benzene rings is 1. The molecule has 1 fully saturated rings. The molecule has 1 aliphatic rings. The fraction of sp³-hybridized carbons (Fsp3) is 0.632. The number of rotatable bonds is 8. The first-order valence-corrected chi connectivity index (χ1v) is 11.2. The van der Waals surface area contributed by atoms with Gasteiger partial charge < -0.3 is 5.32 Å². The van der Waals surface area contributed by atoms with E-state index in [0.29, 0.717) is 31.0 Å². The van der Waals surface area contributed by atoms with Crippen molar-refractivity contribution in [2.45, 2.75) is 63.3 Å². The van der Waals surface area contributed by atoms with E-state index in [1.54, 1.807) is 12.1 Å². The Morgan fingerprint density at radius 3 is 2.42 bits per heavy atom. The quantitative estimate of drug-likeness (QED) is 0.674. The molecule has 2 rings (SSSR count). The average molecular weight is 401 g/mol. The van der Waals surface area contributed by atoms with Crippen LogP contribution >= 0.6 is 11.6 Å². The van der Waals surface area contributed by atoms with Crippen molar-refractivity contribution >= 4 is 27.5 Å². The van der Waals surface area contributed by atoms with Gasteiger partial charge in [0.15, 0.2) is 0 Å². The molecule has 1 amide bonds. The molecule has 1 aromatic rings. The van der Waals surface area contributed by atoms with E-state index in [-0.39, 0.29) is 22.8 Å². The third-order valence-corrected chi connectivity index (χ3v) is 7.07. The minimum absolute atomic E-state index is 0.0533. The Labute approximate surface area is 162 Å². The maximum Gasteiger partial charge on any atom is 0.243 e. The lowest BCUT2D eigenvalue weighted by Gasteiger charge is -2.31. The number of halogens is 1. The molecule has 146 valence electrons. The van der Waals surface area contributed by atoms with Gasteiger partial charge in [-0.05, 0) is 50.5 Å². The number of nitrogens with one attached hydrogen (secondary N) is 1. The van der Waals surface area contributed by atoms with Crippen LogP contribution in [0.5, 0.6) is 0 Å². The van der Waals surface area contributed by atoms with Crippen molar-refractivity contribution in [1.29, 1.82) is 0 Å². The second-order valence-corrected chi connectivity index (χ2v) is 9.41. The van der Waals surface area contributed by atoms with E-state index in [2.05, 4.69) is 12.2 Å². The van der Waals surface area contributed by atoms with Crippen molar-refractivity contribution in [2.24, 2.45) is 5.92 Å². The summed E-state index contributed by atoms with van der Waals surface area (Å²) in [6.45, 7) is 4.93. The number of amides is 1. The molecular formula is C19H29ClN2O3S. The van der Waals surface area contributed by atoms with Crippen LogP contribution in [-0.4, -0.2) is 37.8 Å². The van der Waals surface area contributed by atoms with E-state index in [0.717, 1.165) is 12.8 Å². The number of carbonyl (C=O) groups excluding carboxylic acids is 1. The van der Waals surface area contributed by atoms with E-state index in [1.807, 2.05) is 6.92 Å². The monoisotopic (exact) mass is 400 g/mol. The van der Waals surface area contributed by atoms with Gasteiger partial charge in [-0.2, -0.15) is 4.31 Å². The number of piperidine rings is 1. The highest BCUT2D eigenvalue weighted by Crippen LogP contribution is 2.25. The molecule has 0 aliphatic carbocycles. The van der Waals surface area contributed by atoms with E-state index < -0.39 is 10.0 Å². The minimum Gasteiger partial charge on any atom is -0.353 e. The third-order valence-electron chi connectivity index (χ3n) is 4.91. The summed E-state index contributed by atoms with van der Waals surface area (Å²) in [5.74, 6) is -0.0576. The lowest BCUT2D eigenvalue weighted by atomic mass is 9.96. The van der Waals surface area contributed by atoms with Gasteiger partial charge in [0.2, 0.25) is 15.9 Å². The predicted octanol–water partition coefficient (Wildman–Crippen LogP) is 3.83. The summed E-state index contributed by atoms with van der Waals surface area (Å²) in [5, 5.41) is 3.59. The third kappa shape index (κ3) is 5.69. The zero-order valence-corrected chi connectivity index (χ0v) is 17.2. The SMILES string of the molecule is CCCCC[C@H](C)NC(=O)C1CCN(S(=O)(=O)c2ccc(Cl)cc2)CC1. The fourth-order valence-electron chi connectivity index (χ4n) is 3.25. The molecule has 1 heterocycles. The molecule has 5 nitrogen and oxygen atoms in total. The van der Waals surface area contributed by atoms with Crippen molar-refractivity contribution in [3.05, 3.63) is 29.3 Å². The molecule has 1 N–H and O–H groups in total. The fourth-order valence-corrected chi connectivity index (χ4v) is 4.84. The second-order valence-electron chi connectivity index (χ2n) is 7.04. The van der Waals surface area contributed by atoms with Gasteiger partial charge in [0, 0.05) is 30.1 Å². The molecule has 0 radical (unpaired) electrons. The first-order valence-electron chi connectivity index (χ1n) is 9.40. The smallest absolute Gasteiger partial charge is 0.243 e. The van der Waals surface area contributed by atoms with Crippen LogP contribution in [0.2, 0.25) is 5.02 Å². The van der Waals surface area contributed by atoms with Gasteiger partial charge in [0.05, 0.1) is 4.90 Å². The average Bonchev–Trinajstić information content (AvgIpc) is 2.62. The molecule has 7 heteroatoms. The molecule has 1 aliphatic heterocycles. The zero-order valence-electron chi connectivity index (χ0n) is 15.6. The first kappa shape index (κ1) is 21.2. The highest BCUT2D eigenvalue weighted by Gasteiger charge is 2.32. The largest absolute Gasteiger partial charge is 0.353 e. The van der Waals surface area contributed by atoms with Gasteiger partial charge in [-0.25, -0.2) is 8.42 Å². The molecule has 0 bridgehead atoms. The van der Waals surface area contributed by atoms with Crippen LogP contribution in [0.15, 0.2) is 29.2 Å². The first-order chi connectivity index (χ1) is 12.3. The lowest BCUT2D eigenvalue weighted by molar-refractivity contribution is -0.126. The molecule has 0 aromatic heterocycles. The molecule has 0 unspecified atom stereocenters. The van der Waals surface area contributed by atoms with Gasteiger partial charge in [0.1, 0.15) is 0 Å². The molecule has 1 aromatic carbocycles. The van der Waals surface area contributed by atoms with E-state index >= 15 is 0 Å². The normalized spacial score (nSPS) is 17.8. The second kappa shape index (κ2) is 9.72. The zero-order chi connectivity index (χ0) is 19.2. The number of nitrogens with zero attached hydrogens (tertiary/aromatic N) is 1. The summed E-state index contributed by atoms with van der Waals surface area (Å²) in [7, 11) is -3.52. The van der Waals surface area contributed by atoms with Gasteiger partial charge in [-0.1, -0.05) is 37.8 Å². The molecule has 0 spiro atoms. The maximum absolute atomic E-state index is 12.7. The highest BCUT2D eigenvalue weighted by atomic mass is 35.5. The Hall–Kier alpha value is -1.11. The lowest BCUT2D eigenvalue weighted by Crippen LogP contribution is -2.44. The summed E-state index contributed by atoms with van der Waals surface area (Å²) in [6.07, 6.45) is 5.57. The van der Waals surface area contributed by atoms with E-state index in [4.69, 9.17) is 11.6 Å². The number of sulfonamides is 1. The van der Waals surface area contributed by atoms with Crippen LogP contribution in [0.3, 0.4) is 0 Å². The van der Waals surface area contributed by atoms with Crippen LogP contribution in [0.25, 0.3) is 0 Å². The number of hydrogen-bond acceptors (Lipinski definition) is 3. The Bertz CT molecular complexity index is 683. The van der Waals surface area contributed by atoms with Crippen molar-refractivity contribution in [3.63, 3.8) is 0 Å². The van der Waals surface area contributed by atoms with Gasteiger partial charge >= 0.3 is 0 Å². The summed E-state index contributed by atoms with van der Waals surface area (Å²) in [5.41, 5.74) is 0. The van der Waals surface area contributed by atoms with Crippen molar-refractivity contribution in [2.75, 3.05) is 13.1 Å². The van der Waals surface area contributed by atoms with Crippen LogP contribution < -0.4 is 5.32 Å². The molecule has 0 saturated carbocycles. The Kier molecular flexibility index (Phi) is 7.92. The number of carbonyl (C=O) groups is 1. The minimum atomic E-state index is -3.52. The molecule has 1 atom stereocenters. The summed E-state index contributed by atoms with van der Waals surface area (Å²) < 4.78 is 26.8. The Balaban J connectivity index is 1.86. The molecule has 26 heavy (non-hydrogen) atoms. The summed E-state index contributed by atoms with van der Waals surface area (Å²) in [4.78, 5) is 12.7. The van der Waals surface area contributed by atoms with Gasteiger partial charge in [-0.3, -0.25) is 4.79 Å². The standard InChI is InChI=1S/C19H29ClN2O3S/c1-3-4-5-6-15(2)21-19(23)16-11-13-22(14-12-16)26(24,25)18-9-7-17(20)8-10-18/h7-10,15-16H,3-6,11-14H2,1-2H3,(H,21,23)/t15-/m0/s1. The Morgan fingerprint density at radius 2 is 1.85 bits per heavy atom. The van der Waals surface area contributed by atoms with Crippen LogP contribution in [0.4, 0.5) is 0 Å². The van der Waals surface area contributed by atoms with Crippen LogP contribution in [0.1, 0.15) is 52.4 Å². The summed E-state index contributed by atoms with van der Waals surface area (Å²) >= 11 is 5.83. The van der Waals surface area contributed by atoms with Crippen molar-refractivity contribution < 1.29 is 13.2 Å². The molecule has 1 saturated heterocycles. The van der Waals surface area contributed by atoms with Crippen LogP contribution in [0, 0.1) is 5.92 Å². The van der Waals surface area contributed by atoms with E-state index in [9.17, 15) is 13.2 Å². The predicted molar refractivity (Wildman–Crippen MR) is 105 cm³/mol. The van der Waals surface area contributed by atoms with Gasteiger partial charge in [-0.15, -0.1) is 0 Å². The van der Waals surface area contributed by atoms with Gasteiger partial charge in [0.25, 0.3) is 0 Å². The maximum atomic E-state index is 12.7. The number of hydrogen-bond donors (Lipinski definition) is 1. The van der Waals surface area contributed by atoms with Crippen molar-refractivity contribution in [1.82, 2.24) is 9.62 Å². The summed E-state index contributed by atoms with van der Waals surface area (Å²) in [6, 6.07) is 6.37. The topological polar surface area (TPSA) is 66.5 Å². The van der Waals surface area contributed by atoms with Crippen LogP contribution in [-0.2, 0) is 14.8 Å². The molecular weight excluding hydrogens is 372 g/mol. The van der Waals surface area contributed by atoms with E-state index in [1.165, 1.54) is 29.3 Å². The number of unbranched alkanes of at least 4 members (excludes halogenated alkanes) is 2. The Morgan fingerprint density at radius 1 is 1.23 bits per heavy atom.